The van der Waals surface area contributed by atoms with Gasteiger partial charge in [0.05, 0.1) is 25.2 Å². The third kappa shape index (κ3) is 45.2. The molecule has 3 atom stereocenters. The molecule has 0 radical (unpaired) electrons. The average Bonchev–Trinajstić information content (AvgIpc) is 3.28. The van der Waals surface area contributed by atoms with E-state index in [9.17, 15) is 19.8 Å². The van der Waals surface area contributed by atoms with Crippen molar-refractivity contribution in [2.24, 2.45) is 0 Å². The smallest absolute Gasteiger partial charge is 0.306 e. The Morgan fingerprint density at radius 3 is 1.40 bits per heavy atom. The molecule has 63 heavy (non-hydrogen) atoms. The standard InChI is InChI=1S/C57H97NO5/c1-4-7-10-13-16-19-22-25-26-27-28-29-30-32-35-38-41-44-47-50-57(62)63-53(48-45-42-39-36-33-31-23-20-17-14-11-8-5-2)51-56(61)58-54(52-59)55(60)49-46-43-40-37-34-24-21-18-15-12-9-6-3/h7,10,16-17,19-20,23,25-26,28-29,31-32,35,41,44,53-55,59-60H,4-6,8-9,11-15,18,21-22,24,27,30,33-34,36-40,42-43,45-52H2,1-3H3,(H,58,61)/b10-7-,19-16-,20-17+,26-25-,29-28-,31-23+,35-32-,44-41-. The molecule has 0 saturated carbocycles. The number of hydrogen-bond donors (Lipinski definition) is 3. The van der Waals surface area contributed by atoms with Crippen molar-refractivity contribution < 1.29 is 24.5 Å². The minimum atomic E-state index is -0.810. The molecule has 0 rings (SSSR count). The van der Waals surface area contributed by atoms with E-state index in [1.165, 1.54) is 77.0 Å². The van der Waals surface area contributed by atoms with Gasteiger partial charge in [-0.3, -0.25) is 9.59 Å². The Balaban J connectivity index is 4.73. The molecular weight excluding hydrogens is 779 g/mol. The minimum absolute atomic E-state index is 0.0286. The highest BCUT2D eigenvalue weighted by molar-refractivity contribution is 5.77. The Bertz CT molecular complexity index is 1260. The van der Waals surface area contributed by atoms with Crippen molar-refractivity contribution >= 4 is 11.9 Å². The van der Waals surface area contributed by atoms with Crippen molar-refractivity contribution in [2.75, 3.05) is 6.61 Å². The fourth-order valence-electron chi connectivity index (χ4n) is 7.27. The first kappa shape index (κ1) is 59.8. The molecule has 0 aliphatic carbocycles. The van der Waals surface area contributed by atoms with Crippen molar-refractivity contribution in [3.8, 4) is 0 Å². The fourth-order valence-corrected chi connectivity index (χ4v) is 7.27. The van der Waals surface area contributed by atoms with Crippen LogP contribution in [0.4, 0.5) is 0 Å². The maximum absolute atomic E-state index is 13.2. The molecule has 0 heterocycles. The summed E-state index contributed by atoms with van der Waals surface area (Å²) < 4.78 is 5.88. The van der Waals surface area contributed by atoms with Gasteiger partial charge in [0, 0.05) is 6.42 Å². The van der Waals surface area contributed by atoms with Gasteiger partial charge in [0.1, 0.15) is 6.10 Å². The number of amides is 1. The molecule has 0 aromatic heterocycles. The van der Waals surface area contributed by atoms with E-state index in [-0.39, 0.29) is 31.3 Å². The second-order valence-electron chi connectivity index (χ2n) is 17.2. The number of unbranched alkanes of at least 4 members (excludes halogenated alkanes) is 18. The lowest BCUT2D eigenvalue weighted by atomic mass is 10.0. The van der Waals surface area contributed by atoms with Gasteiger partial charge >= 0.3 is 5.97 Å². The van der Waals surface area contributed by atoms with Crippen LogP contribution in [0.15, 0.2) is 97.2 Å². The Labute approximate surface area is 388 Å². The number of hydrogen-bond acceptors (Lipinski definition) is 5. The van der Waals surface area contributed by atoms with Crippen molar-refractivity contribution in [1.82, 2.24) is 5.32 Å². The highest BCUT2D eigenvalue weighted by atomic mass is 16.5. The monoisotopic (exact) mass is 876 g/mol. The molecule has 0 spiro atoms. The Kier molecular flexibility index (Phi) is 47.2. The van der Waals surface area contributed by atoms with E-state index in [2.05, 4.69) is 117 Å². The van der Waals surface area contributed by atoms with Crippen LogP contribution in [-0.4, -0.2) is 46.9 Å². The highest BCUT2D eigenvalue weighted by Crippen LogP contribution is 2.17. The van der Waals surface area contributed by atoms with E-state index < -0.39 is 18.2 Å². The SMILES string of the molecule is CC/C=C\C/C=C\C/C=C\C/C=C\C/C=C\C/C=C\CCC(=O)OC(CCCCCC/C=C/C=C/CCCCC)CC(=O)NC(CO)C(O)CCCCCCCCCCCCCC. The first-order valence-electron chi connectivity index (χ1n) is 26.0. The van der Waals surface area contributed by atoms with E-state index in [1.807, 2.05) is 6.08 Å². The molecule has 6 heteroatoms. The first-order valence-corrected chi connectivity index (χ1v) is 26.0. The van der Waals surface area contributed by atoms with Crippen LogP contribution in [0.2, 0.25) is 0 Å². The Morgan fingerprint density at radius 1 is 0.492 bits per heavy atom. The minimum Gasteiger partial charge on any atom is -0.462 e. The van der Waals surface area contributed by atoms with E-state index in [0.717, 1.165) is 96.3 Å². The molecule has 360 valence electrons. The lowest BCUT2D eigenvalue weighted by Crippen LogP contribution is -2.46. The van der Waals surface area contributed by atoms with Crippen LogP contribution in [-0.2, 0) is 14.3 Å². The van der Waals surface area contributed by atoms with Gasteiger partial charge in [0.2, 0.25) is 5.91 Å². The van der Waals surface area contributed by atoms with Gasteiger partial charge < -0.3 is 20.3 Å². The number of nitrogens with one attached hydrogen (secondary N) is 1. The number of aliphatic hydroxyl groups excluding tert-OH is 2. The van der Waals surface area contributed by atoms with Crippen LogP contribution in [0.25, 0.3) is 0 Å². The number of ether oxygens (including phenoxy) is 1. The summed E-state index contributed by atoms with van der Waals surface area (Å²) in [6, 6.07) is -0.728. The molecule has 0 aromatic rings. The summed E-state index contributed by atoms with van der Waals surface area (Å²) >= 11 is 0. The van der Waals surface area contributed by atoms with E-state index in [0.29, 0.717) is 19.3 Å². The molecule has 3 unspecified atom stereocenters. The fraction of sp³-hybridized carbons (Fsp3) is 0.684. The maximum atomic E-state index is 13.2. The normalized spacial score (nSPS) is 14.0. The van der Waals surface area contributed by atoms with Crippen LogP contribution in [0.1, 0.15) is 226 Å². The van der Waals surface area contributed by atoms with E-state index >= 15 is 0 Å². The molecule has 0 bridgehead atoms. The van der Waals surface area contributed by atoms with Crippen molar-refractivity contribution in [1.29, 1.82) is 0 Å². The van der Waals surface area contributed by atoms with Crippen LogP contribution in [0, 0.1) is 0 Å². The molecule has 0 aliphatic heterocycles. The Morgan fingerprint density at radius 2 is 0.905 bits per heavy atom. The van der Waals surface area contributed by atoms with Crippen molar-refractivity contribution in [3.05, 3.63) is 97.2 Å². The van der Waals surface area contributed by atoms with Crippen molar-refractivity contribution in [2.45, 2.75) is 244 Å². The second kappa shape index (κ2) is 49.8. The zero-order valence-electron chi connectivity index (χ0n) is 40.9. The predicted octanol–water partition coefficient (Wildman–Crippen LogP) is 15.7. The summed E-state index contributed by atoms with van der Waals surface area (Å²) in [6.07, 6.45) is 66.1. The summed E-state index contributed by atoms with van der Waals surface area (Å²) in [4.78, 5) is 26.1. The molecule has 3 N–H and O–H groups in total. The summed E-state index contributed by atoms with van der Waals surface area (Å²) in [5.74, 6) is -0.601. The zero-order valence-corrected chi connectivity index (χ0v) is 40.9. The quantitative estimate of drug-likeness (QED) is 0.0245. The molecule has 0 aromatic carbocycles. The van der Waals surface area contributed by atoms with Gasteiger partial charge in [-0.15, -0.1) is 0 Å². The molecule has 0 aliphatic rings. The topological polar surface area (TPSA) is 95.9 Å². The molecule has 1 amide bonds. The van der Waals surface area contributed by atoms with Crippen LogP contribution < -0.4 is 5.32 Å². The molecule has 6 nitrogen and oxygen atoms in total. The van der Waals surface area contributed by atoms with E-state index in [4.69, 9.17) is 4.74 Å². The summed E-state index contributed by atoms with van der Waals surface area (Å²) in [7, 11) is 0. The zero-order chi connectivity index (χ0) is 45.9. The van der Waals surface area contributed by atoms with Gasteiger partial charge in [-0.05, 0) is 89.9 Å². The third-order valence-electron chi connectivity index (χ3n) is 11.2. The van der Waals surface area contributed by atoms with Crippen molar-refractivity contribution in [3.63, 3.8) is 0 Å². The summed E-state index contributed by atoms with van der Waals surface area (Å²) in [5, 5.41) is 23.7. The number of esters is 1. The van der Waals surface area contributed by atoms with Gasteiger partial charge in [-0.2, -0.15) is 0 Å². The molecule has 0 saturated heterocycles. The largest absolute Gasteiger partial charge is 0.462 e. The third-order valence-corrected chi connectivity index (χ3v) is 11.2. The number of carbonyl (C=O) groups is 2. The Hall–Kier alpha value is -3.22. The lowest BCUT2D eigenvalue weighted by Gasteiger charge is -2.24. The molecular formula is C57H97NO5. The van der Waals surface area contributed by atoms with Crippen LogP contribution in [0.5, 0.6) is 0 Å². The van der Waals surface area contributed by atoms with Gasteiger partial charge in [0.15, 0.2) is 0 Å². The number of rotatable bonds is 45. The van der Waals surface area contributed by atoms with Crippen LogP contribution >= 0.6 is 0 Å². The maximum Gasteiger partial charge on any atom is 0.306 e. The summed E-state index contributed by atoms with van der Waals surface area (Å²) in [5.41, 5.74) is 0. The number of allylic oxidation sites excluding steroid dienone is 16. The molecule has 0 fully saturated rings. The van der Waals surface area contributed by atoms with Crippen LogP contribution in [0.3, 0.4) is 0 Å². The summed E-state index contributed by atoms with van der Waals surface area (Å²) in [6.45, 7) is 6.30. The number of aliphatic hydroxyl groups is 2. The number of carbonyl (C=O) groups excluding carboxylic acids is 2. The van der Waals surface area contributed by atoms with Gasteiger partial charge in [-0.25, -0.2) is 0 Å². The lowest BCUT2D eigenvalue weighted by molar-refractivity contribution is -0.150. The predicted molar refractivity (Wildman–Crippen MR) is 273 cm³/mol. The van der Waals surface area contributed by atoms with Gasteiger partial charge in [0.25, 0.3) is 0 Å². The highest BCUT2D eigenvalue weighted by Gasteiger charge is 2.24. The average molecular weight is 876 g/mol. The second-order valence-corrected chi connectivity index (χ2v) is 17.2. The van der Waals surface area contributed by atoms with Gasteiger partial charge in [-0.1, -0.05) is 221 Å². The van der Waals surface area contributed by atoms with E-state index in [1.54, 1.807) is 0 Å². The first-order chi connectivity index (χ1) is 31.0.